The fourth-order valence-electron chi connectivity index (χ4n) is 8.79. The van der Waals surface area contributed by atoms with Gasteiger partial charge in [-0.05, 0) is 73.4 Å². The number of fused-ring (bicyclic) bond motifs is 6. The lowest BCUT2D eigenvalue weighted by Crippen LogP contribution is -2.33. The van der Waals surface area contributed by atoms with Crippen molar-refractivity contribution in [3.8, 4) is 45.3 Å². The molecule has 3 heterocycles. The predicted octanol–water partition coefficient (Wildman–Crippen LogP) is 9.87. The zero-order chi connectivity index (χ0) is 50.3. The highest BCUT2D eigenvalue weighted by Gasteiger charge is 2.29. The maximum absolute atomic E-state index is 13.9. The number of nitrogens with zero attached hydrogens (tertiary/aromatic N) is 5. The summed E-state index contributed by atoms with van der Waals surface area (Å²) in [5.41, 5.74) is 5.79. The number of hydrogen-bond donors (Lipinski definition) is 4. The molecule has 3 amide bonds. The van der Waals surface area contributed by atoms with Crippen molar-refractivity contribution in [3.63, 3.8) is 0 Å². The first kappa shape index (κ1) is 52.6. The van der Waals surface area contributed by atoms with Crippen LogP contribution in [0.2, 0.25) is 0 Å². The van der Waals surface area contributed by atoms with Crippen LogP contribution in [0.3, 0.4) is 0 Å². The molecule has 0 spiro atoms. The van der Waals surface area contributed by atoms with Gasteiger partial charge in [-0.2, -0.15) is 0 Å². The molecule has 1 unspecified atom stereocenters. The van der Waals surface area contributed by atoms with Crippen molar-refractivity contribution in [1.29, 1.82) is 0 Å². The second-order valence-electron chi connectivity index (χ2n) is 17.8. The van der Waals surface area contributed by atoms with E-state index in [0.29, 0.717) is 43.9 Å². The van der Waals surface area contributed by atoms with Crippen molar-refractivity contribution in [3.05, 3.63) is 112 Å². The zero-order valence-electron chi connectivity index (χ0n) is 40.4. The van der Waals surface area contributed by atoms with Crippen LogP contribution in [0.4, 0.5) is 5.69 Å². The minimum Gasteiger partial charge on any atom is -0.504 e. The van der Waals surface area contributed by atoms with E-state index in [-0.39, 0.29) is 58.5 Å². The third-order valence-electron chi connectivity index (χ3n) is 12.8. The highest BCUT2D eigenvalue weighted by molar-refractivity contribution is 8.07. The summed E-state index contributed by atoms with van der Waals surface area (Å²) in [5.74, 6) is -1.08. The standard InChI is InChI=1S/C53H63N6O10PS/c1-57(53(65)38-25-23-37(24-26-38)46-35-45(61)42-27-28-44(60)51(64)52(42)69-46)32-16-8-5-3-4-6-9-17-33-59-50-40-20-12-11-19-39(40)36-58(43-22-14-13-21-41(43)49(50)55-56-59)48(63)30-29-47(62)54-31-15-7-10-18-34-68-70(66,71)67-2/h11-14,19-28,35,60,64H,3-10,15-18,29-34,36H2,1-2H3,(H,54,62)(H,66,71). The monoisotopic (exact) mass is 1010 g/mol. The summed E-state index contributed by atoms with van der Waals surface area (Å²) >= 11 is 4.83. The van der Waals surface area contributed by atoms with E-state index in [9.17, 15) is 34.3 Å². The second-order valence-corrected chi connectivity index (χ2v) is 20.8. The van der Waals surface area contributed by atoms with E-state index < -0.39 is 12.5 Å². The fourth-order valence-corrected chi connectivity index (χ4v) is 9.47. The number of benzene rings is 4. The van der Waals surface area contributed by atoms with E-state index in [2.05, 4.69) is 16.6 Å². The molecule has 4 aromatic carbocycles. The lowest BCUT2D eigenvalue weighted by atomic mass is 9.95. The van der Waals surface area contributed by atoms with Crippen molar-refractivity contribution in [2.45, 2.75) is 103 Å². The van der Waals surface area contributed by atoms with Crippen LogP contribution in [0.25, 0.3) is 44.8 Å². The normalized spacial score (nSPS) is 12.9. The molecule has 0 aliphatic carbocycles. The van der Waals surface area contributed by atoms with Crippen LogP contribution in [-0.4, -0.2) is 86.6 Å². The van der Waals surface area contributed by atoms with Gasteiger partial charge in [-0.3, -0.25) is 19.2 Å². The van der Waals surface area contributed by atoms with E-state index in [0.717, 1.165) is 111 Å². The van der Waals surface area contributed by atoms with Crippen LogP contribution in [-0.2, 0) is 43.5 Å². The molecule has 0 fully saturated rings. The van der Waals surface area contributed by atoms with Gasteiger partial charge in [0.2, 0.25) is 17.6 Å². The van der Waals surface area contributed by atoms with Gasteiger partial charge in [0, 0.05) is 75.0 Å². The van der Waals surface area contributed by atoms with Crippen LogP contribution in [0.1, 0.15) is 106 Å². The van der Waals surface area contributed by atoms with Gasteiger partial charge in [-0.15, -0.1) is 5.10 Å². The van der Waals surface area contributed by atoms with Crippen LogP contribution in [0.15, 0.2) is 100 Å². The first-order valence-electron chi connectivity index (χ1n) is 24.4. The van der Waals surface area contributed by atoms with Crippen LogP contribution in [0, 0.1) is 0 Å². The van der Waals surface area contributed by atoms with Gasteiger partial charge in [0.25, 0.3) is 5.91 Å². The summed E-state index contributed by atoms with van der Waals surface area (Å²) in [4.78, 5) is 65.7. The Bertz CT molecular complexity index is 2910. The average molecular weight is 1010 g/mol. The molecule has 1 aliphatic rings. The van der Waals surface area contributed by atoms with E-state index in [4.69, 9.17) is 30.4 Å². The molecular formula is C53H63N6O10PS. The Labute approximate surface area is 418 Å². The summed E-state index contributed by atoms with van der Waals surface area (Å²) < 4.78 is 17.7. The number of phenolic OH excluding ortho intramolecular Hbond substituents is 2. The summed E-state index contributed by atoms with van der Waals surface area (Å²) in [6.45, 7) is -0.612. The zero-order valence-corrected chi connectivity index (χ0v) is 42.1. The summed E-state index contributed by atoms with van der Waals surface area (Å²) in [6, 6.07) is 26.6. The number of aromatic nitrogens is 3. The Morgan fingerprint density at radius 3 is 2.27 bits per heavy atom. The third-order valence-corrected chi connectivity index (χ3v) is 14.5. The fraction of sp³-hybridized carbons (Fsp3) is 0.396. The minimum absolute atomic E-state index is 0.0593. The highest BCUT2D eigenvalue weighted by Crippen LogP contribution is 2.43. The Morgan fingerprint density at radius 1 is 0.831 bits per heavy atom. The number of para-hydroxylation sites is 1. The van der Waals surface area contributed by atoms with Crippen LogP contribution in [0.5, 0.6) is 11.5 Å². The predicted molar refractivity (Wildman–Crippen MR) is 277 cm³/mol. The molecule has 7 rings (SSSR count). The van der Waals surface area contributed by atoms with Gasteiger partial charge in [-0.1, -0.05) is 111 Å². The molecule has 16 nitrogen and oxygen atoms in total. The molecule has 376 valence electrons. The Balaban J connectivity index is 0.828. The number of amides is 3. The summed E-state index contributed by atoms with van der Waals surface area (Å²) in [6.07, 6.45) is 11.7. The molecule has 1 aliphatic heterocycles. The summed E-state index contributed by atoms with van der Waals surface area (Å²) in [5, 5.41) is 32.5. The smallest absolute Gasteiger partial charge is 0.324 e. The summed E-state index contributed by atoms with van der Waals surface area (Å²) in [7, 11) is 3.13. The van der Waals surface area contributed by atoms with Gasteiger partial charge in [0.15, 0.2) is 16.8 Å². The molecule has 0 saturated carbocycles. The van der Waals surface area contributed by atoms with Gasteiger partial charge < -0.3 is 43.7 Å². The van der Waals surface area contributed by atoms with Gasteiger partial charge in [-0.25, -0.2) is 4.68 Å². The number of carbonyl (C=O) groups excluding carboxylic acids is 3. The maximum atomic E-state index is 13.9. The van der Waals surface area contributed by atoms with Gasteiger partial charge in [0.1, 0.15) is 11.5 Å². The molecular weight excluding hydrogens is 944 g/mol. The lowest BCUT2D eigenvalue weighted by molar-refractivity contribution is -0.125. The number of phenols is 2. The quantitative estimate of drug-likeness (QED) is 0.0239. The third kappa shape index (κ3) is 13.8. The highest BCUT2D eigenvalue weighted by atomic mass is 32.5. The number of rotatable bonds is 25. The number of carbonyl (C=O) groups is 3. The van der Waals surface area contributed by atoms with E-state index in [1.54, 1.807) is 41.1 Å². The van der Waals surface area contributed by atoms with Gasteiger partial charge in [0.05, 0.1) is 29.9 Å². The van der Waals surface area contributed by atoms with Crippen molar-refractivity contribution in [2.75, 3.05) is 38.8 Å². The average Bonchev–Trinajstić information content (AvgIpc) is 3.79. The van der Waals surface area contributed by atoms with Crippen LogP contribution >= 0.6 is 6.72 Å². The van der Waals surface area contributed by atoms with Crippen molar-refractivity contribution in [2.24, 2.45) is 0 Å². The molecule has 18 heteroatoms. The number of hydrogen-bond acceptors (Lipinski definition) is 12. The number of unbranched alkanes of at least 4 members (excludes halogenated alkanes) is 10. The van der Waals surface area contributed by atoms with Gasteiger partial charge >= 0.3 is 6.72 Å². The SMILES string of the molecule is COP(O)(=S)OCCCCCCNC(=O)CCC(=O)N1Cc2ccccc2-c2c(nnn2CCCCCCCCCCN(C)C(=O)c2ccc(-c3cc(=O)c4ccc(O)c(O)c4o3)cc2)-c2ccccc21. The first-order chi connectivity index (χ1) is 34.3. The number of aromatic hydroxyl groups is 2. The van der Waals surface area contributed by atoms with E-state index >= 15 is 0 Å². The Kier molecular flexibility index (Phi) is 18.7. The van der Waals surface area contributed by atoms with Crippen molar-refractivity contribution < 1.29 is 43.0 Å². The number of anilines is 1. The topological polar surface area (TPSA) is 210 Å². The molecule has 71 heavy (non-hydrogen) atoms. The Morgan fingerprint density at radius 2 is 1.51 bits per heavy atom. The maximum Gasteiger partial charge on any atom is 0.324 e. The molecule has 2 aromatic heterocycles. The first-order valence-corrected chi connectivity index (χ1v) is 27.0. The van der Waals surface area contributed by atoms with Crippen molar-refractivity contribution in [1.82, 2.24) is 25.2 Å². The van der Waals surface area contributed by atoms with E-state index in [1.807, 2.05) is 47.1 Å². The number of aryl methyl sites for hydroxylation is 1. The Hall–Kier alpha value is -6.23. The second kappa shape index (κ2) is 25.2. The number of nitrogens with one attached hydrogen (secondary N) is 1. The molecule has 1 atom stereocenters. The molecule has 0 saturated heterocycles. The minimum atomic E-state index is -3.13. The molecule has 0 bridgehead atoms. The molecule has 6 aromatic rings. The van der Waals surface area contributed by atoms with Crippen LogP contribution < -0.4 is 15.6 Å². The van der Waals surface area contributed by atoms with Crippen molar-refractivity contribution >= 4 is 52.9 Å². The molecule has 0 radical (unpaired) electrons. The van der Waals surface area contributed by atoms with E-state index in [1.165, 1.54) is 25.3 Å². The largest absolute Gasteiger partial charge is 0.504 e. The molecule has 4 N–H and O–H groups in total. The lowest BCUT2D eigenvalue weighted by Gasteiger charge is -2.28.